The van der Waals surface area contributed by atoms with Crippen molar-refractivity contribution in [2.75, 3.05) is 10.6 Å². The number of nitrogens with one attached hydrogen (secondary N) is 2. The molecule has 0 aliphatic heterocycles. The van der Waals surface area contributed by atoms with E-state index in [1.54, 1.807) is 30.3 Å². The number of urea groups is 1. The Morgan fingerprint density at radius 3 is 2.27 bits per heavy atom. The van der Waals surface area contributed by atoms with Crippen LogP contribution in [0.2, 0.25) is 0 Å². The van der Waals surface area contributed by atoms with Gasteiger partial charge in [-0.2, -0.15) is 0 Å². The van der Waals surface area contributed by atoms with Gasteiger partial charge in [0.15, 0.2) is 0 Å². The zero-order valence-electron chi connectivity index (χ0n) is 12.2. The highest BCUT2D eigenvalue weighted by atomic mass is 16.2. The van der Waals surface area contributed by atoms with E-state index in [1.807, 2.05) is 31.2 Å². The van der Waals surface area contributed by atoms with Gasteiger partial charge in [0.1, 0.15) is 0 Å². The van der Waals surface area contributed by atoms with Crippen LogP contribution in [0, 0.1) is 6.92 Å². The smallest absolute Gasteiger partial charge is 0.316 e. The topological polar surface area (TPSA) is 84.2 Å². The van der Waals surface area contributed by atoms with Gasteiger partial charge in [-0.15, -0.1) is 0 Å². The van der Waals surface area contributed by atoms with E-state index in [9.17, 15) is 9.59 Å². The first-order valence-electron chi connectivity index (χ1n) is 6.75. The molecule has 5 heteroatoms. The standard InChI is InChI=1S/C17H17N3O2/c1-12-5-7-13(8-6-12)9-10-16(21)19-14-3-2-4-15(11-14)20-17(18)22/h2-11H,1H3,(H,19,21)(H3,18,20,22)/b10-9+. The van der Waals surface area contributed by atoms with Crippen LogP contribution >= 0.6 is 0 Å². The third-order valence-corrected chi connectivity index (χ3v) is 2.90. The maximum atomic E-state index is 11.9. The molecule has 2 aromatic carbocycles. The van der Waals surface area contributed by atoms with E-state index in [2.05, 4.69) is 10.6 Å². The van der Waals surface area contributed by atoms with Gasteiger partial charge in [0.05, 0.1) is 0 Å². The number of carbonyl (C=O) groups is 2. The van der Waals surface area contributed by atoms with Crippen molar-refractivity contribution in [2.45, 2.75) is 6.92 Å². The molecule has 0 aliphatic rings. The molecule has 2 aromatic rings. The Morgan fingerprint density at radius 1 is 1.00 bits per heavy atom. The van der Waals surface area contributed by atoms with Crippen LogP contribution in [-0.4, -0.2) is 11.9 Å². The van der Waals surface area contributed by atoms with Crippen molar-refractivity contribution in [1.29, 1.82) is 0 Å². The SMILES string of the molecule is Cc1ccc(/C=C/C(=O)Nc2cccc(NC(N)=O)c2)cc1. The van der Waals surface area contributed by atoms with Crippen LogP contribution in [0.15, 0.2) is 54.6 Å². The largest absolute Gasteiger partial charge is 0.351 e. The molecule has 0 aliphatic carbocycles. The number of hydrogen-bond donors (Lipinski definition) is 3. The minimum absolute atomic E-state index is 0.253. The first kappa shape index (κ1) is 15.3. The first-order valence-corrected chi connectivity index (χ1v) is 6.75. The first-order chi connectivity index (χ1) is 10.5. The Balaban J connectivity index is 1.99. The number of hydrogen-bond acceptors (Lipinski definition) is 2. The summed E-state index contributed by atoms with van der Waals surface area (Å²) in [7, 11) is 0. The Kier molecular flexibility index (Phi) is 4.93. The van der Waals surface area contributed by atoms with Gasteiger partial charge in [0, 0.05) is 17.5 Å². The highest BCUT2D eigenvalue weighted by Crippen LogP contribution is 2.15. The van der Waals surface area contributed by atoms with Gasteiger partial charge >= 0.3 is 6.03 Å². The van der Waals surface area contributed by atoms with Crippen molar-refractivity contribution >= 4 is 29.4 Å². The van der Waals surface area contributed by atoms with E-state index >= 15 is 0 Å². The van der Waals surface area contributed by atoms with Crippen molar-refractivity contribution in [3.63, 3.8) is 0 Å². The molecule has 0 bridgehead atoms. The van der Waals surface area contributed by atoms with Crippen molar-refractivity contribution in [1.82, 2.24) is 0 Å². The average molecular weight is 295 g/mol. The molecule has 0 fully saturated rings. The maximum absolute atomic E-state index is 11.9. The van der Waals surface area contributed by atoms with Gasteiger partial charge in [-0.05, 0) is 36.8 Å². The highest BCUT2D eigenvalue weighted by Gasteiger charge is 2.01. The van der Waals surface area contributed by atoms with Gasteiger partial charge in [0.25, 0.3) is 0 Å². The van der Waals surface area contributed by atoms with Crippen LogP contribution in [0.25, 0.3) is 6.08 Å². The van der Waals surface area contributed by atoms with E-state index < -0.39 is 6.03 Å². The molecule has 22 heavy (non-hydrogen) atoms. The second kappa shape index (κ2) is 7.08. The zero-order valence-corrected chi connectivity index (χ0v) is 12.2. The number of rotatable bonds is 4. The Hall–Kier alpha value is -3.08. The average Bonchev–Trinajstić information content (AvgIpc) is 2.46. The molecule has 0 aromatic heterocycles. The number of anilines is 2. The molecule has 0 heterocycles. The lowest BCUT2D eigenvalue weighted by Crippen LogP contribution is -2.19. The molecule has 2 rings (SSSR count). The molecule has 3 amide bonds. The summed E-state index contributed by atoms with van der Waals surface area (Å²) in [6, 6.07) is 13.9. The number of amides is 3. The van der Waals surface area contributed by atoms with E-state index in [1.165, 1.54) is 11.6 Å². The summed E-state index contributed by atoms with van der Waals surface area (Å²) in [6.07, 6.45) is 3.19. The molecular weight excluding hydrogens is 278 g/mol. The van der Waals surface area contributed by atoms with E-state index in [4.69, 9.17) is 5.73 Å². The summed E-state index contributed by atoms with van der Waals surface area (Å²) in [5, 5.41) is 5.17. The summed E-state index contributed by atoms with van der Waals surface area (Å²) >= 11 is 0. The summed E-state index contributed by atoms with van der Waals surface area (Å²) in [5.74, 6) is -0.253. The predicted molar refractivity (Wildman–Crippen MR) is 88.5 cm³/mol. The van der Waals surface area contributed by atoms with Gasteiger partial charge in [-0.3, -0.25) is 4.79 Å². The normalized spacial score (nSPS) is 10.4. The van der Waals surface area contributed by atoms with Crippen LogP contribution in [0.4, 0.5) is 16.2 Å². The maximum Gasteiger partial charge on any atom is 0.316 e. The second-order valence-corrected chi connectivity index (χ2v) is 4.80. The fraction of sp³-hybridized carbons (Fsp3) is 0.0588. The van der Waals surface area contributed by atoms with E-state index in [0.717, 1.165) is 5.56 Å². The molecule has 0 atom stereocenters. The third kappa shape index (κ3) is 4.79. The van der Waals surface area contributed by atoms with E-state index in [0.29, 0.717) is 11.4 Å². The quantitative estimate of drug-likeness (QED) is 0.757. The van der Waals surface area contributed by atoms with Crippen molar-refractivity contribution in [2.24, 2.45) is 5.73 Å². The molecule has 0 spiro atoms. The number of nitrogens with two attached hydrogens (primary N) is 1. The lowest BCUT2D eigenvalue weighted by molar-refractivity contribution is -0.111. The summed E-state index contributed by atoms with van der Waals surface area (Å²) in [4.78, 5) is 22.7. The van der Waals surface area contributed by atoms with Gasteiger partial charge < -0.3 is 16.4 Å². The molecule has 4 N–H and O–H groups in total. The molecular formula is C17H17N3O2. The Labute approximate surface area is 128 Å². The lowest BCUT2D eigenvalue weighted by atomic mass is 10.1. The van der Waals surface area contributed by atoms with Crippen molar-refractivity contribution in [3.8, 4) is 0 Å². The highest BCUT2D eigenvalue weighted by molar-refractivity contribution is 6.02. The fourth-order valence-corrected chi connectivity index (χ4v) is 1.85. The number of primary amides is 1. The summed E-state index contributed by atoms with van der Waals surface area (Å²) < 4.78 is 0. The molecule has 112 valence electrons. The fourth-order valence-electron chi connectivity index (χ4n) is 1.85. The van der Waals surface area contributed by atoms with Crippen LogP contribution in [-0.2, 0) is 4.79 Å². The molecule has 0 saturated heterocycles. The van der Waals surface area contributed by atoms with Crippen LogP contribution < -0.4 is 16.4 Å². The lowest BCUT2D eigenvalue weighted by Gasteiger charge is -2.05. The van der Waals surface area contributed by atoms with Crippen LogP contribution in [0.5, 0.6) is 0 Å². The van der Waals surface area contributed by atoms with Gasteiger partial charge in [0.2, 0.25) is 5.91 Å². The predicted octanol–water partition coefficient (Wildman–Crippen LogP) is 3.14. The third-order valence-electron chi connectivity index (χ3n) is 2.90. The van der Waals surface area contributed by atoms with Crippen LogP contribution in [0.3, 0.4) is 0 Å². The summed E-state index contributed by atoms with van der Waals surface area (Å²) in [5.41, 5.74) is 8.26. The Morgan fingerprint density at radius 2 is 1.64 bits per heavy atom. The monoisotopic (exact) mass is 295 g/mol. The Bertz CT molecular complexity index is 706. The van der Waals surface area contributed by atoms with Crippen molar-refractivity contribution in [3.05, 3.63) is 65.7 Å². The van der Waals surface area contributed by atoms with E-state index in [-0.39, 0.29) is 5.91 Å². The van der Waals surface area contributed by atoms with Crippen LogP contribution in [0.1, 0.15) is 11.1 Å². The second-order valence-electron chi connectivity index (χ2n) is 4.80. The van der Waals surface area contributed by atoms with Gasteiger partial charge in [-0.1, -0.05) is 35.9 Å². The molecule has 0 unspecified atom stereocenters. The molecule has 5 nitrogen and oxygen atoms in total. The molecule has 0 radical (unpaired) electrons. The van der Waals surface area contributed by atoms with Crippen molar-refractivity contribution < 1.29 is 9.59 Å². The van der Waals surface area contributed by atoms with Gasteiger partial charge in [-0.25, -0.2) is 4.79 Å². The zero-order chi connectivity index (χ0) is 15.9. The minimum atomic E-state index is -0.650. The minimum Gasteiger partial charge on any atom is -0.351 e. The molecule has 0 saturated carbocycles. The summed E-state index contributed by atoms with van der Waals surface area (Å²) in [6.45, 7) is 2.01. The number of carbonyl (C=O) groups excluding carboxylic acids is 2. The number of benzene rings is 2. The number of aryl methyl sites for hydroxylation is 1.